The molecule has 0 bridgehead atoms. The van der Waals surface area contributed by atoms with Gasteiger partial charge in [-0.15, -0.1) is 0 Å². The van der Waals surface area contributed by atoms with E-state index in [1.807, 2.05) is 0 Å². The Balaban J connectivity index is 2.40. The molecule has 20 heavy (non-hydrogen) atoms. The molecule has 2 aromatic rings. The molecule has 2 rings (SSSR count). The summed E-state index contributed by atoms with van der Waals surface area (Å²) >= 11 is 5.82. The summed E-state index contributed by atoms with van der Waals surface area (Å²) < 4.78 is 44.8. The lowest BCUT2D eigenvalue weighted by Gasteiger charge is -2.12. The van der Waals surface area contributed by atoms with E-state index in [9.17, 15) is 12.8 Å². The van der Waals surface area contributed by atoms with Gasteiger partial charge in [-0.25, -0.2) is 12.8 Å². The molecule has 0 atom stereocenters. The maximum Gasteiger partial charge on any atom is 0.262 e. The molecule has 4 nitrogen and oxygen atoms in total. The number of nitrogens with one attached hydrogen (secondary N) is 1. The highest BCUT2D eigenvalue weighted by atomic mass is 35.5. The Morgan fingerprint density at radius 1 is 1.20 bits per heavy atom. The van der Waals surface area contributed by atoms with E-state index in [4.69, 9.17) is 16.3 Å². The molecule has 0 heterocycles. The van der Waals surface area contributed by atoms with Crippen LogP contribution in [0.5, 0.6) is 5.75 Å². The minimum absolute atomic E-state index is 0.181. The minimum atomic E-state index is -3.91. The molecule has 0 aliphatic carbocycles. The molecular weight excluding hydrogens is 305 g/mol. The van der Waals surface area contributed by atoms with E-state index in [-0.39, 0.29) is 10.6 Å². The Morgan fingerprint density at radius 2 is 1.95 bits per heavy atom. The second-order valence-electron chi connectivity index (χ2n) is 3.91. The Kier molecular flexibility index (Phi) is 4.15. The number of sulfonamides is 1. The zero-order valence-corrected chi connectivity index (χ0v) is 12.0. The third kappa shape index (κ3) is 3.20. The molecule has 7 heteroatoms. The molecule has 0 saturated carbocycles. The van der Waals surface area contributed by atoms with Gasteiger partial charge in [0, 0.05) is 5.02 Å². The lowest BCUT2D eigenvalue weighted by molar-refractivity contribution is 0.417. The topological polar surface area (TPSA) is 55.4 Å². The van der Waals surface area contributed by atoms with Gasteiger partial charge in [0.2, 0.25) is 0 Å². The van der Waals surface area contributed by atoms with Crippen molar-refractivity contribution in [1.82, 2.24) is 0 Å². The van der Waals surface area contributed by atoms with Crippen molar-refractivity contribution >= 4 is 27.3 Å². The van der Waals surface area contributed by atoms with Gasteiger partial charge in [0.05, 0.1) is 17.7 Å². The van der Waals surface area contributed by atoms with E-state index in [2.05, 4.69) is 4.72 Å². The van der Waals surface area contributed by atoms with Gasteiger partial charge < -0.3 is 4.74 Å². The maximum absolute atomic E-state index is 13.1. The van der Waals surface area contributed by atoms with Crippen LogP contribution in [0.15, 0.2) is 47.4 Å². The van der Waals surface area contributed by atoms with Gasteiger partial charge >= 0.3 is 0 Å². The standard InChI is InChI=1S/C13H11ClFNO3S/c1-19-13-6-5-9(14)7-12(13)16-20(17,18)11-4-2-3-10(15)8-11/h2-8,16H,1H3. The van der Waals surface area contributed by atoms with E-state index in [0.29, 0.717) is 10.8 Å². The van der Waals surface area contributed by atoms with E-state index in [1.165, 1.54) is 37.4 Å². The van der Waals surface area contributed by atoms with Crippen molar-refractivity contribution in [3.63, 3.8) is 0 Å². The van der Waals surface area contributed by atoms with Crippen LogP contribution in [0.3, 0.4) is 0 Å². The lowest BCUT2D eigenvalue weighted by atomic mass is 10.3. The third-order valence-corrected chi connectivity index (χ3v) is 4.11. The first-order chi connectivity index (χ1) is 9.42. The van der Waals surface area contributed by atoms with Crippen molar-refractivity contribution in [2.24, 2.45) is 0 Å². The Morgan fingerprint density at radius 3 is 2.60 bits per heavy atom. The predicted molar refractivity (Wildman–Crippen MR) is 75.2 cm³/mol. The summed E-state index contributed by atoms with van der Waals surface area (Å²) in [7, 11) is -2.51. The Hall–Kier alpha value is -1.79. The van der Waals surface area contributed by atoms with Gasteiger partial charge in [-0.2, -0.15) is 0 Å². The zero-order valence-electron chi connectivity index (χ0n) is 10.4. The summed E-state index contributed by atoms with van der Waals surface area (Å²) in [5.41, 5.74) is 0.185. The van der Waals surface area contributed by atoms with Crippen LogP contribution in [0, 0.1) is 5.82 Å². The van der Waals surface area contributed by atoms with E-state index >= 15 is 0 Å². The van der Waals surface area contributed by atoms with Crippen LogP contribution in [0.1, 0.15) is 0 Å². The van der Waals surface area contributed by atoms with Crippen molar-refractivity contribution < 1.29 is 17.5 Å². The number of hydrogen-bond donors (Lipinski definition) is 1. The first kappa shape index (κ1) is 14.6. The highest BCUT2D eigenvalue weighted by Crippen LogP contribution is 2.29. The second-order valence-corrected chi connectivity index (χ2v) is 6.03. The predicted octanol–water partition coefficient (Wildman–Crippen LogP) is 3.29. The van der Waals surface area contributed by atoms with Crippen molar-refractivity contribution in [1.29, 1.82) is 0 Å². The highest BCUT2D eigenvalue weighted by molar-refractivity contribution is 7.92. The fourth-order valence-corrected chi connectivity index (χ4v) is 2.86. The molecular formula is C13H11ClFNO3S. The van der Waals surface area contributed by atoms with E-state index < -0.39 is 15.8 Å². The molecule has 0 spiro atoms. The van der Waals surface area contributed by atoms with Crippen LogP contribution in [0.2, 0.25) is 5.02 Å². The van der Waals surface area contributed by atoms with Gasteiger partial charge in [0.25, 0.3) is 10.0 Å². The van der Waals surface area contributed by atoms with Gasteiger partial charge in [-0.05, 0) is 36.4 Å². The van der Waals surface area contributed by atoms with Crippen molar-refractivity contribution in [2.45, 2.75) is 4.90 Å². The average Bonchev–Trinajstić information content (AvgIpc) is 2.38. The van der Waals surface area contributed by atoms with Crippen LogP contribution >= 0.6 is 11.6 Å². The van der Waals surface area contributed by atoms with Gasteiger partial charge in [0.15, 0.2) is 0 Å². The summed E-state index contributed by atoms with van der Waals surface area (Å²) in [6.07, 6.45) is 0. The first-order valence-electron chi connectivity index (χ1n) is 5.54. The molecule has 0 unspecified atom stereocenters. The molecule has 106 valence electrons. The Bertz CT molecular complexity index is 734. The average molecular weight is 316 g/mol. The quantitative estimate of drug-likeness (QED) is 0.942. The molecule has 0 radical (unpaired) electrons. The van der Waals surface area contributed by atoms with Crippen LogP contribution < -0.4 is 9.46 Å². The maximum atomic E-state index is 13.1. The highest BCUT2D eigenvalue weighted by Gasteiger charge is 2.17. The normalized spacial score (nSPS) is 11.2. The number of hydrogen-bond acceptors (Lipinski definition) is 3. The van der Waals surface area contributed by atoms with Crippen LogP contribution in [0.4, 0.5) is 10.1 Å². The van der Waals surface area contributed by atoms with Gasteiger partial charge in [0.1, 0.15) is 11.6 Å². The molecule has 2 aromatic carbocycles. The molecule has 0 aliphatic heterocycles. The molecule has 0 saturated heterocycles. The number of rotatable bonds is 4. The largest absolute Gasteiger partial charge is 0.495 e. The fourth-order valence-electron chi connectivity index (χ4n) is 1.60. The molecule has 0 fully saturated rings. The Labute approximate surface area is 121 Å². The number of halogens is 2. The number of methoxy groups -OCH3 is 1. The molecule has 1 N–H and O–H groups in total. The minimum Gasteiger partial charge on any atom is -0.495 e. The first-order valence-corrected chi connectivity index (χ1v) is 7.40. The van der Waals surface area contributed by atoms with Crippen molar-refractivity contribution in [2.75, 3.05) is 11.8 Å². The number of anilines is 1. The molecule has 0 aliphatic rings. The molecule has 0 aromatic heterocycles. The lowest BCUT2D eigenvalue weighted by Crippen LogP contribution is -2.13. The van der Waals surface area contributed by atoms with Crippen molar-refractivity contribution in [3.8, 4) is 5.75 Å². The SMILES string of the molecule is COc1ccc(Cl)cc1NS(=O)(=O)c1cccc(F)c1. The van der Waals surface area contributed by atoms with Gasteiger partial charge in [-0.1, -0.05) is 17.7 Å². The number of ether oxygens (including phenoxy) is 1. The second kappa shape index (κ2) is 5.68. The monoisotopic (exact) mass is 315 g/mol. The number of benzene rings is 2. The smallest absolute Gasteiger partial charge is 0.262 e. The van der Waals surface area contributed by atoms with E-state index in [0.717, 1.165) is 6.07 Å². The van der Waals surface area contributed by atoms with Crippen LogP contribution in [-0.4, -0.2) is 15.5 Å². The summed E-state index contributed by atoms with van der Waals surface area (Å²) in [6, 6.07) is 9.23. The summed E-state index contributed by atoms with van der Waals surface area (Å²) in [4.78, 5) is -0.181. The van der Waals surface area contributed by atoms with E-state index in [1.54, 1.807) is 6.07 Å². The molecule has 0 amide bonds. The third-order valence-electron chi connectivity index (χ3n) is 2.51. The van der Waals surface area contributed by atoms with Crippen LogP contribution in [-0.2, 0) is 10.0 Å². The van der Waals surface area contributed by atoms with Crippen LogP contribution in [0.25, 0.3) is 0 Å². The fraction of sp³-hybridized carbons (Fsp3) is 0.0769. The summed E-state index contributed by atoms with van der Waals surface area (Å²) in [5, 5.41) is 0.350. The van der Waals surface area contributed by atoms with Crippen molar-refractivity contribution in [3.05, 3.63) is 53.3 Å². The zero-order chi connectivity index (χ0) is 14.8. The van der Waals surface area contributed by atoms with Gasteiger partial charge in [-0.3, -0.25) is 4.72 Å². The summed E-state index contributed by atoms with van der Waals surface area (Å²) in [6.45, 7) is 0. The summed E-state index contributed by atoms with van der Waals surface area (Å²) in [5.74, 6) is -0.319.